The van der Waals surface area contributed by atoms with Crippen molar-refractivity contribution in [3.05, 3.63) is 82.1 Å². The quantitative estimate of drug-likeness (QED) is 0.426. The first-order chi connectivity index (χ1) is 17.9. The zero-order valence-electron chi connectivity index (χ0n) is 19.0. The lowest BCUT2D eigenvalue weighted by Crippen LogP contribution is -2.45. The van der Waals surface area contributed by atoms with Crippen molar-refractivity contribution in [2.75, 3.05) is 23.1 Å². The number of nitrogens with one attached hydrogen (secondary N) is 3. The van der Waals surface area contributed by atoms with E-state index in [4.69, 9.17) is 11.6 Å². The molecule has 0 spiro atoms. The van der Waals surface area contributed by atoms with Crippen LogP contribution in [0, 0.1) is 0 Å². The number of carbonyl (C=O) groups excluding carboxylic acids is 2. The van der Waals surface area contributed by atoms with E-state index in [-0.39, 0.29) is 22.7 Å². The number of anilines is 2. The van der Waals surface area contributed by atoms with E-state index in [9.17, 15) is 31.2 Å². The Hall–Kier alpha value is -3.88. The minimum atomic E-state index is -5.22. The third-order valence-electron chi connectivity index (χ3n) is 5.89. The number of hydrogen-bond acceptors (Lipinski definition) is 8. The van der Waals surface area contributed by atoms with Gasteiger partial charge in [-0.25, -0.2) is 13.2 Å². The number of sulfonamides is 1. The van der Waals surface area contributed by atoms with Crippen molar-refractivity contribution in [3.8, 4) is 0 Å². The van der Waals surface area contributed by atoms with Crippen molar-refractivity contribution in [1.29, 1.82) is 0 Å². The maximum absolute atomic E-state index is 13.1. The third-order valence-corrected chi connectivity index (χ3v) is 7.54. The van der Waals surface area contributed by atoms with E-state index in [2.05, 4.69) is 25.1 Å². The molecule has 2 aliphatic heterocycles. The number of fused-ring (bicyclic) bond motifs is 1. The Kier molecular flexibility index (Phi) is 6.41. The zero-order valence-corrected chi connectivity index (χ0v) is 20.6. The first kappa shape index (κ1) is 25.8. The molecule has 0 fully saturated rings. The highest BCUT2D eigenvalue weighted by atomic mass is 35.5. The van der Waals surface area contributed by atoms with Gasteiger partial charge in [-0.05, 0) is 42.0 Å². The molecule has 0 saturated heterocycles. The number of benzene rings is 2. The van der Waals surface area contributed by atoms with Gasteiger partial charge in [-0.15, -0.1) is 5.06 Å². The largest absolute Gasteiger partial charge is 0.492 e. The minimum absolute atomic E-state index is 0.0352. The second kappa shape index (κ2) is 9.45. The molecule has 5 rings (SSSR count). The monoisotopic (exact) mass is 567 g/mol. The zero-order chi connectivity index (χ0) is 27.2. The Morgan fingerprint density at radius 2 is 1.79 bits per heavy atom. The van der Waals surface area contributed by atoms with Gasteiger partial charge in [0.2, 0.25) is 0 Å². The summed E-state index contributed by atoms with van der Waals surface area (Å²) in [5.74, 6) is -3.32. The Bertz CT molecular complexity index is 1550. The number of aromatic nitrogens is 2. The summed E-state index contributed by atoms with van der Waals surface area (Å²) in [5.41, 5.74) is 1.90. The molecule has 0 radical (unpaired) electrons. The fourth-order valence-electron chi connectivity index (χ4n) is 4.25. The van der Waals surface area contributed by atoms with Crippen molar-refractivity contribution in [2.45, 2.75) is 17.0 Å². The number of rotatable bonds is 5. The highest BCUT2D eigenvalue weighted by Gasteiger charge is 2.45. The molecule has 1 unspecified atom stereocenters. The van der Waals surface area contributed by atoms with Gasteiger partial charge < -0.3 is 10.2 Å². The number of alkyl halides is 3. The van der Waals surface area contributed by atoms with E-state index in [0.29, 0.717) is 32.7 Å². The maximum atomic E-state index is 13.1. The summed E-state index contributed by atoms with van der Waals surface area (Å²) in [6.07, 6.45) is -3.73. The van der Waals surface area contributed by atoms with Gasteiger partial charge in [-0.2, -0.15) is 18.3 Å². The second-order valence-corrected chi connectivity index (χ2v) is 10.5. The SMILES string of the molecule is O=C1CN(OC(=O)C(F)(F)F)CC2=C1C(c1ccc(S(=O)(=O)Nc3ccc(Cl)cc3)cc1)c1cn[nH]c1N2. The normalized spacial score (nSPS) is 17.9. The van der Waals surface area contributed by atoms with Crippen LogP contribution in [0.4, 0.5) is 24.7 Å². The lowest BCUT2D eigenvalue weighted by Gasteiger charge is -2.35. The Labute approximate surface area is 218 Å². The van der Waals surface area contributed by atoms with Crippen molar-refractivity contribution in [2.24, 2.45) is 0 Å². The number of Topliss-reactive ketones (excluding diaryl/α,β-unsaturated/α-hetero) is 1. The van der Waals surface area contributed by atoms with E-state index in [1.807, 2.05) is 0 Å². The molecular formula is C23H17ClF3N5O5S. The molecule has 10 nitrogen and oxygen atoms in total. The summed E-state index contributed by atoms with van der Waals surface area (Å²) >= 11 is 5.84. The van der Waals surface area contributed by atoms with Gasteiger partial charge in [0, 0.05) is 33.5 Å². The predicted octanol–water partition coefficient (Wildman–Crippen LogP) is 3.58. The molecule has 1 aromatic heterocycles. The minimum Gasteiger partial charge on any atom is -0.360 e. The summed E-state index contributed by atoms with van der Waals surface area (Å²) in [5, 5.41) is 10.7. The van der Waals surface area contributed by atoms with Crippen molar-refractivity contribution in [1.82, 2.24) is 15.3 Å². The number of ketones is 1. The molecular weight excluding hydrogens is 551 g/mol. The smallest absolute Gasteiger partial charge is 0.360 e. The van der Waals surface area contributed by atoms with Crippen LogP contribution >= 0.6 is 11.6 Å². The number of H-pyrrole nitrogens is 1. The first-order valence-electron chi connectivity index (χ1n) is 10.9. The van der Waals surface area contributed by atoms with Crippen LogP contribution in [0.15, 0.2) is 70.9 Å². The van der Waals surface area contributed by atoms with Crippen LogP contribution < -0.4 is 10.0 Å². The average molecular weight is 568 g/mol. The molecule has 0 amide bonds. The van der Waals surface area contributed by atoms with Gasteiger partial charge in [0.15, 0.2) is 5.78 Å². The Morgan fingerprint density at radius 3 is 2.45 bits per heavy atom. The van der Waals surface area contributed by atoms with Crippen LogP contribution in [-0.4, -0.2) is 54.7 Å². The predicted molar refractivity (Wildman–Crippen MR) is 129 cm³/mol. The van der Waals surface area contributed by atoms with Crippen molar-refractivity contribution < 1.29 is 36.0 Å². The summed E-state index contributed by atoms with van der Waals surface area (Å²) < 4.78 is 66.1. The summed E-state index contributed by atoms with van der Waals surface area (Å²) in [7, 11) is -3.94. The molecule has 38 heavy (non-hydrogen) atoms. The van der Waals surface area contributed by atoms with Gasteiger partial charge in [0.25, 0.3) is 10.0 Å². The lowest BCUT2D eigenvalue weighted by molar-refractivity contribution is -0.236. The van der Waals surface area contributed by atoms with Gasteiger partial charge in [-0.3, -0.25) is 14.6 Å². The molecule has 3 aromatic rings. The molecule has 198 valence electrons. The fraction of sp³-hybridized carbons (Fsp3) is 0.174. The van der Waals surface area contributed by atoms with E-state index < -0.39 is 40.4 Å². The molecule has 15 heteroatoms. The van der Waals surface area contributed by atoms with Gasteiger partial charge in [-0.1, -0.05) is 23.7 Å². The summed E-state index contributed by atoms with van der Waals surface area (Å²) in [6, 6.07) is 11.9. The highest BCUT2D eigenvalue weighted by Crippen LogP contribution is 2.43. The van der Waals surface area contributed by atoms with Gasteiger partial charge in [0.1, 0.15) is 5.82 Å². The standard InChI is InChI=1S/C23H17ClF3N5O5S/c24-13-3-5-14(6-4-13)31-38(35,36)15-7-1-12(2-8-15)19-16-9-28-30-21(16)29-17-10-32(11-18(33)20(17)19)37-22(34)23(25,26)27/h1-9,19,31H,10-11H2,(H2,28,29,30). The van der Waals surface area contributed by atoms with Crippen LogP contribution in [0.1, 0.15) is 17.0 Å². The highest BCUT2D eigenvalue weighted by molar-refractivity contribution is 7.92. The van der Waals surface area contributed by atoms with Gasteiger partial charge >= 0.3 is 12.1 Å². The second-order valence-electron chi connectivity index (χ2n) is 8.43. The summed E-state index contributed by atoms with van der Waals surface area (Å²) in [6.45, 7) is -0.904. The molecule has 2 aliphatic rings. The average Bonchev–Trinajstić information content (AvgIpc) is 3.32. The number of nitrogens with zero attached hydrogens (tertiary/aromatic N) is 2. The first-order valence-corrected chi connectivity index (χ1v) is 12.8. The molecule has 0 bridgehead atoms. The van der Waals surface area contributed by atoms with Crippen molar-refractivity contribution in [3.63, 3.8) is 0 Å². The fourth-order valence-corrected chi connectivity index (χ4v) is 5.43. The van der Waals surface area contributed by atoms with Crippen molar-refractivity contribution >= 4 is 44.9 Å². The van der Waals surface area contributed by atoms with Crippen LogP contribution in [0.25, 0.3) is 0 Å². The van der Waals surface area contributed by atoms with Crippen LogP contribution in [0.5, 0.6) is 0 Å². The molecule has 3 N–H and O–H groups in total. The number of carbonyl (C=O) groups is 2. The van der Waals surface area contributed by atoms with E-state index in [0.717, 1.165) is 0 Å². The lowest BCUT2D eigenvalue weighted by atomic mass is 9.79. The van der Waals surface area contributed by atoms with E-state index >= 15 is 0 Å². The molecule has 2 aromatic carbocycles. The van der Waals surface area contributed by atoms with Crippen LogP contribution in [0.2, 0.25) is 5.02 Å². The molecule has 3 heterocycles. The number of halogens is 4. The third kappa shape index (κ3) is 4.97. The number of hydrogen-bond donors (Lipinski definition) is 3. The number of aromatic amines is 1. The Morgan fingerprint density at radius 1 is 1.11 bits per heavy atom. The molecule has 1 atom stereocenters. The van der Waals surface area contributed by atoms with Crippen LogP contribution in [0.3, 0.4) is 0 Å². The number of hydroxylamine groups is 2. The molecule has 0 saturated carbocycles. The van der Waals surface area contributed by atoms with Crippen LogP contribution in [-0.2, 0) is 24.4 Å². The van der Waals surface area contributed by atoms with Gasteiger partial charge in [0.05, 0.1) is 24.2 Å². The van der Waals surface area contributed by atoms with E-state index in [1.54, 1.807) is 12.1 Å². The molecule has 0 aliphatic carbocycles. The van der Waals surface area contributed by atoms with E-state index in [1.165, 1.54) is 42.6 Å². The summed E-state index contributed by atoms with van der Waals surface area (Å²) in [4.78, 5) is 28.7. The Balaban J connectivity index is 1.44. The topological polar surface area (TPSA) is 133 Å². The maximum Gasteiger partial charge on any atom is 0.492 e.